The molecule has 0 amide bonds. The second-order valence-corrected chi connectivity index (χ2v) is 3.74. The smallest absolute Gasteiger partial charge is 0.354 e. The van der Waals surface area contributed by atoms with Gasteiger partial charge in [-0.1, -0.05) is 12.1 Å². The molecule has 0 atom stereocenters. The number of carboxylic acids is 2. The maximum atomic E-state index is 12.8. The van der Waals surface area contributed by atoms with Crippen LogP contribution in [0, 0.1) is 5.82 Å². The van der Waals surface area contributed by atoms with Gasteiger partial charge in [0, 0.05) is 0 Å². The molecule has 96 valence electrons. The van der Waals surface area contributed by atoms with E-state index in [0.29, 0.717) is 11.1 Å². The van der Waals surface area contributed by atoms with E-state index in [-0.39, 0.29) is 11.4 Å². The largest absolute Gasteiger partial charge is 0.477 e. The highest BCUT2D eigenvalue weighted by molar-refractivity contribution is 5.92. The third-order valence-electron chi connectivity index (χ3n) is 2.44. The van der Waals surface area contributed by atoms with Crippen molar-refractivity contribution < 1.29 is 24.2 Å². The molecule has 0 saturated heterocycles. The first-order chi connectivity index (χ1) is 8.97. The summed E-state index contributed by atoms with van der Waals surface area (Å²) < 4.78 is 12.8. The number of carbonyl (C=O) groups is 2. The van der Waals surface area contributed by atoms with Crippen molar-refractivity contribution in [2.75, 3.05) is 0 Å². The molecule has 0 aliphatic rings. The quantitative estimate of drug-likeness (QED) is 0.884. The number of halogens is 1. The summed E-state index contributed by atoms with van der Waals surface area (Å²) in [6.07, 6.45) is 0. The molecule has 0 saturated carbocycles. The first-order valence-electron chi connectivity index (χ1n) is 5.22. The first kappa shape index (κ1) is 12.7. The van der Waals surface area contributed by atoms with Crippen molar-refractivity contribution >= 4 is 11.9 Å². The van der Waals surface area contributed by atoms with Crippen molar-refractivity contribution in [3.05, 3.63) is 53.6 Å². The molecule has 0 fully saturated rings. The molecule has 1 aromatic heterocycles. The lowest BCUT2D eigenvalue weighted by Gasteiger charge is -2.05. The molecule has 19 heavy (non-hydrogen) atoms. The van der Waals surface area contributed by atoms with E-state index in [1.54, 1.807) is 0 Å². The Morgan fingerprint density at radius 3 is 1.79 bits per heavy atom. The predicted molar refractivity (Wildman–Crippen MR) is 63.5 cm³/mol. The van der Waals surface area contributed by atoms with E-state index >= 15 is 0 Å². The van der Waals surface area contributed by atoms with Crippen LogP contribution in [-0.4, -0.2) is 27.1 Å². The van der Waals surface area contributed by atoms with Crippen LogP contribution in [0.15, 0.2) is 36.4 Å². The highest BCUT2D eigenvalue weighted by Crippen LogP contribution is 2.21. The fraction of sp³-hybridized carbons (Fsp3) is 0. The van der Waals surface area contributed by atoms with E-state index < -0.39 is 17.8 Å². The van der Waals surface area contributed by atoms with Crippen molar-refractivity contribution in [3.8, 4) is 11.1 Å². The van der Waals surface area contributed by atoms with Gasteiger partial charge in [0.25, 0.3) is 0 Å². The molecule has 6 heteroatoms. The number of nitrogens with zero attached hydrogens (tertiary/aromatic N) is 1. The summed E-state index contributed by atoms with van der Waals surface area (Å²) in [5.41, 5.74) is 0.108. The summed E-state index contributed by atoms with van der Waals surface area (Å²) in [6.45, 7) is 0. The first-order valence-corrected chi connectivity index (χ1v) is 5.22. The molecule has 0 radical (unpaired) electrons. The van der Waals surface area contributed by atoms with E-state index in [9.17, 15) is 14.0 Å². The van der Waals surface area contributed by atoms with Crippen LogP contribution >= 0.6 is 0 Å². The lowest BCUT2D eigenvalue weighted by atomic mass is 10.0. The van der Waals surface area contributed by atoms with Crippen molar-refractivity contribution in [2.24, 2.45) is 0 Å². The highest BCUT2D eigenvalue weighted by atomic mass is 19.1. The molecule has 0 spiro atoms. The molecular formula is C13H8FNO4. The van der Waals surface area contributed by atoms with Gasteiger partial charge in [0.1, 0.15) is 17.2 Å². The molecule has 0 aliphatic heterocycles. The van der Waals surface area contributed by atoms with Gasteiger partial charge in [0.2, 0.25) is 0 Å². The minimum atomic E-state index is -1.33. The van der Waals surface area contributed by atoms with Gasteiger partial charge in [-0.05, 0) is 35.4 Å². The minimum Gasteiger partial charge on any atom is -0.477 e. The zero-order valence-electron chi connectivity index (χ0n) is 9.50. The monoisotopic (exact) mass is 261 g/mol. The number of hydrogen-bond donors (Lipinski definition) is 2. The van der Waals surface area contributed by atoms with Crippen LogP contribution in [0.1, 0.15) is 21.0 Å². The summed E-state index contributed by atoms with van der Waals surface area (Å²) in [6, 6.07) is 7.75. The van der Waals surface area contributed by atoms with Gasteiger partial charge in [-0.2, -0.15) is 0 Å². The fourth-order valence-electron chi connectivity index (χ4n) is 1.56. The molecule has 2 N–H and O–H groups in total. The van der Waals surface area contributed by atoms with Crippen LogP contribution in [0.3, 0.4) is 0 Å². The number of carboxylic acid groups (broad SMARTS) is 2. The summed E-state index contributed by atoms with van der Waals surface area (Å²) in [5.74, 6) is -3.09. The number of rotatable bonds is 3. The van der Waals surface area contributed by atoms with Gasteiger partial charge in [-0.15, -0.1) is 0 Å². The van der Waals surface area contributed by atoms with Gasteiger partial charge < -0.3 is 10.2 Å². The van der Waals surface area contributed by atoms with E-state index in [4.69, 9.17) is 10.2 Å². The molecule has 2 rings (SSSR count). The zero-order chi connectivity index (χ0) is 14.0. The average molecular weight is 261 g/mol. The van der Waals surface area contributed by atoms with E-state index in [1.165, 1.54) is 36.4 Å². The molecule has 1 heterocycles. The second-order valence-electron chi connectivity index (χ2n) is 3.74. The van der Waals surface area contributed by atoms with Gasteiger partial charge >= 0.3 is 11.9 Å². The summed E-state index contributed by atoms with van der Waals surface area (Å²) in [5, 5.41) is 17.8. The van der Waals surface area contributed by atoms with Crippen LogP contribution in [0.2, 0.25) is 0 Å². The third-order valence-corrected chi connectivity index (χ3v) is 2.44. The molecular weight excluding hydrogens is 253 g/mol. The molecule has 5 nitrogen and oxygen atoms in total. The number of aromatic carboxylic acids is 2. The highest BCUT2D eigenvalue weighted by Gasteiger charge is 2.14. The SMILES string of the molecule is O=C(O)c1cc(-c2ccc(F)cc2)cc(C(=O)O)n1. The molecule has 2 aromatic rings. The van der Waals surface area contributed by atoms with Crippen LogP contribution in [0.25, 0.3) is 11.1 Å². The lowest BCUT2D eigenvalue weighted by molar-refractivity contribution is 0.0685. The Morgan fingerprint density at radius 1 is 0.895 bits per heavy atom. The van der Waals surface area contributed by atoms with Crippen molar-refractivity contribution in [2.45, 2.75) is 0 Å². The van der Waals surface area contributed by atoms with E-state index in [2.05, 4.69) is 4.98 Å². The average Bonchev–Trinajstić information content (AvgIpc) is 2.39. The Hall–Kier alpha value is -2.76. The van der Waals surface area contributed by atoms with Gasteiger partial charge in [0.05, 0.1) is 0 Å². The van der Waals surface area contributed by atoms with Crippen molar-refractivity contribution in [3.63, 3.8) is 0 Å². The standard InChI is InChI=1S/C13H8FNO4/c14-9-3-1-7(2-4-9)8-5-10(12(16)17)15-11(6-8)13(18)19/h1-6H,(H,16,17)(H,18,19). The number of benzene rings is 1. The van der Waals surface area contributed by atoms with Gasteiger partial charge in [0.15, 0.2) is 0 Å². The van der Waals surface area contributed by atoms with Crippen LogP contribution < -0.4 is 0 Å². The second kappa shape index (κ2) is 4.85. The Kier molecular flexibility index (Phi) is 3.24. The Bertz CT molecular complexity index is 620. The molecule has 0 aliphatic carbocycles. The molecule has 0 bridgehead atoms. The number of hydrogen-bond acceptors (Lipinski definition) is 3. The Labute approximate surface area is 107 Å². The van der Waals surface area contributed by atoms with Gasteiger partial charge in [-0.25, -0.2) is 19.0 Å². The molecule has 0 unspecified atom stereocenters. The topological polar surface area (TPSA) is 87.5 Å². The van der Waals surface area contributed by atoms with E-state index in [1.807, 2.05) is 0 Å². The number of pyridine rings is 1. The van der Waals surface area contributed by atoms with Crippen LogP contribution in [0.5, 0.6) is 0 Å². The van der Waals surface area contributed by atoms with Crippen LogP contribution in [0.4, 0.5) is 4.39 Å². The minimum absolute atomic E-state index is 0.352. The van der Waals surface area contributed by atoms with Crippen LogP contribution in [-0.2, 0) is 0 Å². The lowest BCUT2D eigenvalue weighted by Crippen LogP contribution is -2.07. The summed E-state index contributed by atoms with van der Waals surface area (Å²) >= 11 is 0. The Balaban J connectivity index is 2.59. The Morgan fingerprint density at radius 2 is 1.37 bits per heavy atom. The number of aromatic nitrogens is 1. The van der Waals surface area contributed by atoms with Crippen molar-refractivity contribution in [1.82, 2.24) is 4.98 Å². The molecule has 1 aromatic carbocycles. The predicted octanol–water partition coefficient (Wildman–Crippen LogP) is 2.28. The van der Waals surface area contributed by atoms with Crippen molar-refractivity contribution in [1.29, 1.82) is 0 Å². The normalized spacial score (nSPS) is 10.2. The van der Waals surface area contributed by atoms with Gasteiger partial charge in [-0.3, -0.25) is 0 Å². The maximum Gasteiger partial charge on any atom is 0.354 e. The zero-order valence-corrected chi connectivity index (χ0v) is 9.50. The van der Waals surface area contributed by atoms with E-state index in [0.717, 1.165) is 0 Å². The fourth-order valence-corrected chi connectivity index (χ4v) is 1.56. The maximum absolute atomic E-state index is 12.8. The summed E-state index contributed by atoms with van der Waals surface area (Å²) in [7, 11) is 0. The third kappa shape index (κ3) is 2.74. The summed E-state index contributed by atoms with van der Waals surface area (Å²) in [4.78, 5) is 25.3.